The molecule has 1 heterocycles. The van der Waals surface area contributed by atoms with Gasteiger partial charge in [-0.05, 0) is 61.1 Å². The predicted octanol–water partition coefficient (Wildman–Crippen LogP) is 2.83. The van der Waals surface area contributed by atoms with Gasteiger partial charge in [0.25, 0.3) is 5.91 Å². The van der Waals surface area contributed by atoms with Crippen LogP contribution in [0.2, 0.25) is 0 Å². The van der Waals surface area contributed by atoms with Crippen LogP contribution in [0.3, 0.4) is 0 Å². The molecule has 0 bridgehead atoms. The molecule has 0 aromatic heterocycles. The largest absolute Gasteiger partial charge is 0.497 e. The fourth-order valence-corrected chi connectivity index (χ4v) is 3.90. The quantitative estimate of drug-likeness (QED) is 0.484. The molecule has 0 saturated carbocycles. The normalized spacial score (nSPS) is 15.7. The average Bonchev–Trinajstić information content (AvgIpc) is 3.02. The number of nitrogens with one attached hydrogen (secondary N) is 1. The molecule has 3 rings (SSSR count). The maximum atomic E-state index is 12.9. The van der Waals surface area contributed by atoms with E-state index in [9.17, 15) is 14.4 Å². The lowest BCUT2D eigenvalue weighted by Crippen LogP contribution is -2.37. The second-order valence-electron chi connectivity index (χ2n) is 7.18. The zero-order chi connectivity index (χ0) is 23.3. The molecule has 2 aromatic rings. The predicted molar refractivity (Wildman–Crippen MR) is 123 cm³/mol. The first-order chi connectivity index (χ1) is 15.4. The lowest BCUT2D eigenvalue weighted by molar-refractivity contribution is -0.130. The molecule has 1 aliphatic heterocycles. The van der Waals surface area contributed by atoms with Crippen molar-refractivity contribution in [2.75, 3.05) is 26.1 Å². The summed E-state index contributed by atoms with van der Waals surface area (Å²) in [5, 5.41) is 3.18. The van der Waals surface area contributed by atoms with Crippen molar-refractivity contribution < 1.29 is 23.9 Å². The van der Waals surface area contributed by atoms with Crippen molar-refractivity contribution in [3.05, 3.63) is 59.7 Å². The zero-order valence-corrected chi connectivity index (χ0v) is 19.0. The molecule has 0 aliphatic carbocycles. The molecule has 168 valence electrons. The first-order valence-corrected chi connectivity index (χ1v) is 10.5. The van der Waals surface area contributed by atoms with E-state index in [1.807, 2.05) is 31.2 Å². The van der Waals surface area contributed by atoms with Crippen LogP contribution in [0.5, 0.6) is 5.75 Å². The number of nitrogens with zero attached hydrogens (tertiary/aromatic N) is 2. The topological polar surface area (TPSA) is 88.2 Å². The number of likely N-dealkylation sites (N-methyl/N-ethyl adjacent to an activating group) is 1. The summed E-state index contributed by atoms with van der Waals surface area (Å²) in [6.07, 6.45) is -0.0512. The SMILES string of the molecule is CCN1C(=O)C(CC(=O)Nc2ccc(C(=O)OC)cc2)N(Cc2ccc(OC)cc2)C1=S. The number of ether oxygens (including phenoxy) is 2. The number of carbonyl (C=O) groups excluding carboxylic acids is 3. The summed E-state index contributed by atoms with van der Waals surface area (Å²) >= 11 is 5.53. The van der Waals surface area contributed by atoms with E-state index < -0.39 is 12.0 Å². The van der Waals surface area contributed by atoms with Crippen LogP contribution in [0.1, 0.15) is 29.3 Å². The summed E-state index contributed by atoms with van der Waals surface area (Å²) in [5.74, 6) is -0.239. The zero-order valence-electron chi connectivity index (χ0n) is 18.2. The minimum atomic E-state index is -0.695. The Hall–Kier alpha value is -3.46. The molecule has 2 aromatic carbocycles. The highest BCUT2D eigenvalue weighted by Gasteiger charge is 2.42. The second kappa shape index (κ2) is 10.2. The number of hydrogen-bond donors (Lipinski definition) is 1. The number of esters is 1. The number of methoxy groups -OCH3 is 2. The first kappa shape index (κ1) is 23.2. The van der Waals surface area contributed by atoms with Gasteiger partial charge in [-0.1, -0.05) is 12.1 Å². The molecule has 8 nitrogen and oxygen atoms in total. The highest BCUT2D eigenvalue weighted by molar-refractivity contribution is 7.80. The average molecular weight is 456 g/mol. The van der Waals surface area contributed by atoms with Crippen LogP contribution >= 0.6 is 12.2 Å². The van der Waals surface area contributed by atoms with Gasteiger partial charge in [0.15, 0.2) is 5.11 Å². The van der Waals surface area contributed by atoms with Crippen LogP contribution in [-0.2, 0) is 20.9 Å². The molecule has 9 heteroatoms. The Kier molecular flexibility index (Phi) is 7.42. The fourth-order valence-electron chi connectivity index (χ4n) is 3.49. The molecular weight excluding hydrogens is 430 g/mol. The van der Waals surface area contributed by atoms with Gasteiger partial charge in [0, 0.05) is 18.8 Å². The summed E-state index contributed by atoms with van der Waals surface area (Å²) < 4.78 is 9.86. The molecule has 1 N–H and O–H groups in total. The summed E-state index contributed by atoms with van der Waals surface area (Å²) in [4.78, 5) is 40.5. The maximum Gasteiger partial charge on any atom is 0.337 e. The minimum Gasteiger partial charge on any atom is -0.497 e. The van der Waals surface area contributed by atoms with Gasteiger partial charge in [0.05, 0.1) is 26.2 Å². The van der Waals surface area contributed by atoms with Crippen molar-refractivity contribution in [1.29, 1.82) is 0 Å². The van der Waals surface area contributed by atoms with E-state index in [0.717, 1.165) is 11.3 Å². The Balaban J connectivity index is 1.72. The number of thiocarbonyl (C=S) groups is 1. The number of rotatable bonds is 8. The van der Waals surface area contributed by atoms with Gasteiger partial charge in [0.1, 0.15) is 11.8 Å². The molecule has 0 radical (unpaired) electrons. The molecule has 1 saturated heterocycles. The molecule has 2 amide bonds. The molecule has 1 fully saturated rings. The van der Waals surface area contributed by atoms with E-state index in [-0.39, 0.29) is 18.2 Å². The highest BCUT2D eigenvalue weighted by Crippen LogP contribution is 2.24. The number of amides is 2. The van der Waals surface area contributed by atoms with Crippen molar-refractivity contribution in [3.63, 3.8) is 0 Å². The summed E-state index contributed by atoms with van der Waals surface area (Å²) in [7, 11) is 2.90. The van der Waals surface area contributed by atoms with Crippen molar-refractivity contribution in [2.45, 2.75) is 25.9 Å². The van der Waals surface area contributed by atoms with Crippen molar-refractivity contribution in [1.82, 2.24) is 9.80 Å². The van der Waals surface area contributed by atoms with Gasteiger partial charge in [0.2, 0.25) is 5.91 Å². The van der Waals surface area contributed by atoms with Gasteiger partial charge in [-0.3, -0.25) is 14.5 Å². The third-order valence-corrected chi connectivity index (χ3v) is 5.66. The van der Waals surface area contributed by atoms with E-state index in [1.165, 1.54) is 12.0 Å². The van der Waals surface area contributed by atoms with E-state index in [1.54, 1.807) is 36.3 Å². The smallest absolute Gasteiger partial charge is 0.337 e. The molecule has 1 aliphatic rings. The van der Waals surface area contributed by atoms with E-state index in [2.05, 4.69) is 10.1 Å². The van der Waals surface area contributed by atoms with E-state index in [0.29, 0.717) is 29.5 Å². The van der Waals surface area contributed by atoms with Crippen LogP contribution in [-0.4, -0.2) is 59.5 Å². The van der Waals surface area contributed by atoms with Crippen molar-refractivity contribution in [2.24, 2.45) is 0 Å². The molecular formula is C23H25N3O5S. The van der Waals surface area contributed by atoms with Crippen LogP contribution in [0.15, 0.2) is 48.5 Å². The number of anilines is 1. The van der Waals surface area contributed by atoms with Crippen molar-refractivity contribution in [3.8, 4) is 5.75 Å². The Morgan fingerprint density at radius 3 is 2.28 bits per heavy atom. The number of carbonyl (C=O) groups is 3. The third-order valence-electron chi connectivity index (χ3n) is 5.20. The Morgan fingerprint density at radius 2 is 1.72 bits per heavy atom. The standard InChI is InChI=1S/C23H25N3O5S/c1-4-25-21(28)19(26(23(25)32)14-15-5-11-18(30-2)12-6-15)13-20(27)24-17-9-7-16(8-10-17)22(29)31-3/h5-12,19H,4,13-14H2,1-3H3,(H,24,27). The Labute approximate surface area is 192 Å². The summed E-state index contributed by atoms with van der Waals surface area (Å²) in [6.45, 7) is 2.68. The van der Waals surface area contributed by atoms with Crippen LogP contribution < -0.4 is 10.1 Å². The monoisotopic (exact) mass is 455 g/mol. The van der Waals surface area contributed by atoms with Crippen molar-refractivity contribution >= 4 is 40.8 Å². The van der Waals surface area contributed by atoms with E-state index >= 15 is 0 Å². The lowest BCUT2D eigenvalue weighted by atomic mass is 10.1. The minimum absolute atomic E-state index is 0.0512. The number of hydrogen-bond acceptors (Lipinski definition) is 6. The van der Waals surface area contributed by atoms with Crippen LogP contribution in [0.4, 0.5) is 5.69 Å². The third kappa shape index (κ3) is 5.05. The Bertz CT molecular complexity index is 1010. The maximum absolute atomic E-state index is 12.9. The summed E-state index contributed by atoms with van der Waals surface area (Å²) in [6, 6.07) is 13.1. The Morgan fingerprint density at radius 1 is 1.06 bits per heavy atom. The van der Waals surface area contributed by atoms with Gasteiger partial charge >= 0.3 is 5.97 Å². The van der Waals surface area contributed by atoms with E-state index in [4.69, 9.17) is 17.0 Å². The molecule has 0 spiro atoms. The fraction of sp³-hybridized carbons (Fsp3) is 0.304. The molecule has 1 unspecified atom stereocenters. The highest BCUT2D eigenvalue weighted by atomic mass is 32.1. The van der Waals surface area contributed by atoms with Crippen LogP contribution in [0.25, 0.3) is 0 Å². The second-order valence-corrected chi connectivity index (χ2v) is 7.54. The number of benzene rings is 2. The van der Waals surface area contributed by atoms with Gasteiger partial charge < -0.3 is 19.7 Å². The van der Waals surface area contributed by atoms with Gasteiger partial charge in [-0.25, -0.2) is 4.79 Å². The van der Waals surface area contributed by atoms with Gasteiger partial charge in [-0.15, -0.1) is 0 Å². The summed E-state index contributed by atoms with van der Waals surface area (Å²) in [5.41, 5.74) is 1.85. The van der Waals surface area contributed by atoms with Crippen LogP contribution in [0, 0.1) is 0 Å². The lowest BCUT2D eigenvalue weighted by Gasteiger charge is -2.24. The molecule has 1 atom stereocenters. The molecule has 32 heavy (non-hydrogen) atoms. The van der Waals surface area contributed by atoms with Gasteiger partial charge in [-0.2, -0.15) is 0 Å². The first-order valence-electron chi connectivity index (χ1n) is 10.1.